The maximum Gasteiger partial charge on any atom is 0.326 e. The first-order valence-corrected chi connectivity index (χ1v) is 5.57. The van der Waals surface area contributed by atoms with Crippen LogP contribution >= 0.6 is 0 Å². The highest BCUT2D eigenvalue weighted by Gasteiger charge is 2.21. The number of amides is 1. The molecule has 0 saturated heterocycles. The van der Waals surface area contributed by atoms with Gasteiger partial charge < -0.3 is 14.7 Å². The van der Waals surface area contributed by atoms with Gasteiger partial charge in [-0.15, -0.1) is 0 Å². The second-order valence-corrected chi connectivity index (χ2v) is 4.04. The van der Waals surface area contributed by atoms with E-state index in [1.807, 2.05) is 0 Å². The van der Waals surface area contributed by atoms with Crippen LogP contribution in [0.1, 0.15) is 12.5 Å². The third-order valence-electron chi connectivity index (χ3n) is 2.85. The van der Waals surface area contributed by atoms with E-state index in [-0.39, 0.29) is 12.3 Å². The van der Waals surface area contributed by atoms with E-state index in [0.717, 1.165) is 11.3 Å². The second kappa shape index (κ2) is 6.05. The number of carboxylic acids is 1. The second-order valence-electron chi connectivity index (χ2n) is 4.04. The van der Waals surface area contributed by atoms with Crippen molar-refractivity contribution in [3.05, 3.63) is 29.8 Å². The molecule has 0 aliphatic carbocycles. The van der Waals surface area contributed by atoms with Crippen molar-refractivity contribution in [1.82, 2.24) is 4.90 Å². The number of hydrogen-bond acceptors (Lipinski definition) is 3. The zero-order valence-corrected chi connectivity index (χ0v) is 10.7. The third-order valence-corrected chi connectivity index (χ3v) is 2.85. The van der Waals surface area contributed by atoms with Crippen LogP contribution in [-0.4, -0.2) is 42.1 Å². The number of carbonyl (C=O) groups is 2. The highest BCUT2D eigenvalue weighted by Crippen LogP contribution is 2.12. The molecule has 0 radical (unpaired) electrons. The average Bonchev–Trinajstić information content (AvgIpc) is 2.37. The first-order valence-electron chi connectivity index (χ1n) is 5.57. The molecule has 1 unspecified atom stereocenters. The van der Waals surface area contributed by atoms with Gasteiger partial charge in [-0.05, 0) is 24.6 Å². The number of rotatable bonds is 5. The van der Waals surface area contributed by atoms with E-state index in [1.54, 1.807) is 31.4 Å². The summed E-state index contributed by atoms with van der Waals surface area (Å²) in [6.45, 7) is 1.48. The normalized spacial score (nSPS) is 11.7. The number of likely N-dealkylation sites (N-methyl/N-ethyl adjacent to an activating group) is 1. The summed E-state index contributed by atoms with van der Waals surface area (Å²) in [5, 5.41) is 8.83. The van der Waals surface area contributed by atoms with E-state index in [4.69, 9.17) is 9.84 Å². The van der Waals surface area contributed by atoms with Crippen LogP contribution in [0.3, 0.4) is 0 Å². The maximum atomic E-state index is 11.8. The summed E-state index contributed by atoms with van der Waals surface area (Å²) in [4.78, 5) is 23.8. The minimum atomic E-state index is -1.01. The van der Waals surface area contributed by atoms with Crippen molar-refractivity contribution in [1.29, 1.82) is 0 Å². The van der Waals surface area contributed by atoms with Crippen LogP contribution in [0.2, 0.25) is 0 Å². The van der Waals surface area contributed by atoms with E-state index < -0.39 is 12.0 Å². The van der Waals surface area contributed by atoms with E-state index in [1.165, 1.54) is 18.9 Å². The van der Waals surface area contributed by atoms with Gasteiger partial charge >= 0.3 is 5.97 Å². The summed E-state index contributed by atoms with van der Waals surface area (Å²) in [7, 11) is 3.06. The third kappa shape index (κ3) is 3.48. The summed E-state index contributed by atoms with van der Waals surface area (Å²) in [6, 6.07) is 6.29. The molecule has 0 aliphatic heterocycles. The fourth-order valence-corrected chi connectivity index (χ4v) is 1.42. The first kappa shape index (κ1) is 14.0. The lowest BCUT2D eigenvalue weighted by molar-refractivity contribution is -0.147. The standard InChI is InChI=1S/C13H17NO4/c1-9(13(16)17)14(2)12(15)8-10-4-6-11(18-3)7-5-10/h4-7,9H,8H2,1-3H3,(H,16,17). The monoisotopic (exact) mass is 251 g/mol. The molecular formula is C13H17NO4. The first-order chi connectivity index (χ1) is 8.45. The van der Waals surface area contributed by atoms with Crippen LogP contribution in [-0.2, 0) is 16.0 Å². The van der Waals surface area contributed by atoms with Crippen LogP contribution in [0.25, 0.3) is 0 Å². The molecule has 1 amide bonds. The Morgan fingerprint density at radius 2 is 1.89 bits per heavy atom. The number of methoxy groups -OCH3 is 1. The number of aliphatic carboxylic acids is 1. The van der Waals surface area contributed by atoms with Crippen LogP contribution in [0, 0.1) is 0 Å². The Hall–Kier alpha value is -2.04. The number of ether oxygens (including phenoxy) is 1. The number of carboxylic acid groups (broad SMARTS) is 1. The Bertz CT molecular complexity index is 427. The van der Waals surface area contributed by atoms with Crippen LogP contribution in [0.15, 0.2) is 24.3 Å². The van der Waals surface area contributed by atoms with Gasteiger partial charge in [-0.1, -0.05) is 12.1 Å². The van der Waals surface area contributed by atoms with Crippen molar-refractivity contribution in [2.45, 2.75) is 19.4 Å². The largest absolute Gasteiger partial charge is 0.497 e. The molecule has 0 fully saturated rings. The Kier molecular flexibility index (Phi) is 4.71. The van der Waals surface area contributed by atoms with Gasteiger partial charge in [0, 0.05) is 7.05 Å². The average molecular weight is 251 g/mol. The molecule has 1 rings (SSSR count). The highest BCUT2D eigenvalue weighted by atomic mass is 16.5. The Morgan fingerprint density at radius 3 is 2.33 bits per heavy atom. The number of carbonyl (C=O) groups excluding carboxylic acids is 1. The SMILES string of the molecule is COc1ccc(CC(=O)N(C)C(C)C(=O)O)cc1. The minimum Gasteiger partial charge on any atom is -0.497 e. The maximum absolute atomic E-state index is 11.8. The fraction of sp³-hybridized carbons (Fsp3) is 0.385. The van der Waals surface area contributed by atoms with Crippen molar-refractivity contribution < 1.29 is 19.4 Å². The predicted octanol–water partition coefficient (Wildman–Crippen LogP) is 1.17. The van der Waals surface area contributed by atoms with Gasteiger partial charge in [0.25, 0.3) is 0 Å². The van der Waals surface area contributed by atoms with Gasteiger partial charge in [-0.3, -0.25) is 4.79 Å². The number of nitrogens with zero attached hydrogens (tertiary/aromatic N) is 1. The van der Waals surface area contributed by atoms with Crippen LogP contribution in [0.5, 0.6) is 5.75 Å². The van der Waals surface area contributed by atoms with E-state index in [2.05, 4.69) is 0 Å². The van der Waals surface area contributed by atoms with Crippen LogP contribution < -0.4 is 4.74 Å². The molecule has 0 saturated carbocycles. The lowest BCUT2D eigenvalue weighted by Gasteiger charge is -2.21. The van der Waals surface area contributed by atoms with Crippen molar-refractivity contribution in [3.63, 3.8) is 0 Å². The molecule has 0 spiro atoms. The molecule has 1 N–H and O–H groups in total. The van der Waals surface area contributed by atoms with E-state index in [0.29, 0.717) is 0 Å². The van der Waals surface area contributed by atoms with Gasteiger partial charge in [-0.25, -0.2) is 4.79 Å². The van der Waals surface area contributed by atoms with Gasteiger partial charge in [0.1, 0.15) is 11.8 Å². The molecular weight excluding hydrogens is 234 g/mol. The molecule has 18 heavy (non-hydrogen) atoms. The molecule has 1 atom stereocenters. The number of hydrogen-bond donors (Lipinski definition) is 1. The van der Waals surface area contributed by atoms with Crippen molar-refractivity contribution in [2.24, 2.45) is 0 Å². The van der Waals surface area contributed by atoms with Crippen molar-refractivity contribution in [2.75, 3.05) is 14.2 Å². The summed E-state index contributed by atoms with van der Waals surface area (Å²) in [5.41, 5.74) is 0.824. The Morgan fingerprint density at radius 1 is 1.33 bits per heavy atom. The quantitative estimate of drug-likeness (QED) is 0.853. The minimum absolute atomic E-state index is 0.179. The lowest BCUT2D eigenvalue weighted by Crippen LogP contribution is -2.40. The molecule has 0 aliphatic rings. The predicted molar refractivity (Wildman–Crippen MR) is 66.6 cm³/mol. The smallest absolute Gasteiger partial charge is 0.326 e. The molecule has 98 valence electrons. The zero-order chi connectivity index (χ0) is 13.7. The molecule has 0 bridgehead atoms. The summed E-state index contributed by atoms with van der Waals surface area (Å²) in [5.74, 6) is -0.519. The summed E-state index contributed by atoms with van der Waals surface area (Å²) >= 11 is 0. The van der Waals surface area contributed by atoms with Gasteiger partial charge in [0.05, 0.1) is 13.5 Å². The summed E-state index contributed by atoms with van der Waals surface area (Å²) < 4.78 is 5.02. The van der Waals surface area contributed by atoms with E-state index in [9.17, 15) is 9.59 Å². The zero-order valence-electron chi connectivity index (χ0n) is 10.7. The van der Waals surface area contributed by atoms with E-state index >= 15 is 0 Å². The Labute approximate surface area is 106 Å². The number of benzene rings is 1. The molecule has 0 heterocycles. The topological polar surface area (TPSA) is 66.8 Å². The molecule has 5 nitrogen and oxygen atoms in total. The van der Waals surface area contributed by atoms with Crippen molar-refractivity contribution >= 4 is 11.9 Å². The van der Waals surface area contributed by atoms with Crippen molar-refractivity contribution in [3.8, 4) is 5.75 Å². The van der Waals surface area contributed by atoms with Gasteiger partial charge in [0.2, 0.25) is 5.91 Å². The molecule has 1 aromatic carbocycles. The molecule has 0 aromatic heterocycles. The van der Waals surface area contributed by atoms with Crippen LogP contribution in [0.4, 0.5) is 0 Å². The lowest BCUT2D eigenvalue weighted by atomic mass is 10.1. The van der Waals surface area contributed by atoms with Gasteiger partial charge in [0.15, 0.2) is 0 Å². The molecule has 5 heteroatoms. The summed E-state index contributed by atoms with van der Waals surface area (Å²) in [6.07, 6.45) is 0.179. The fourth-order valence-electron chi connectivity index (χ4n) is 1.42. The molecule has 1 aromatic rings. The Balaban J connectivity index is 2.66. The van der Waals surface area contributed by atoms with Gasteiger partial charge in [-0.2, -0.15) is 0 Å². The highest BCUT2D eigenvalue weighted by molar-refractivity contribution is 5.84.